The summed E-state index contributed by atoms with van der Waals surface area (Å²) >= 11 is 0. The molecular weight excluding hydrogens is 835 g/mol. The Bertz CT molecular complexity index is 3780. The average Bonchev–Trinajstić information content (AvgIpc) is 3.97. The first-order valence-electron chi connectivity index (χ1n) is 23.7. The highest BCUT2D eigenvalue weighted by Crippen LogP contribution is 2.59. The zero-order valence-corrected chi connectivity index (χ0v) is 37.8. The summed E-state index contributed by atoms with van der Waals surface area (Å²) < 4.78 is 6.52. The van der Waals surface area contributed by atoms with Crippen LogP contribution in [0.4, 0.5) is 17.1 Å². The molecule has 0 spiro atoms. The molecule has 13 rings (SSSR count). The van der Waals surface area contributed by atoms with Gasteiger partial charge in [-0.15, -0.1) is 0 Å². The smallest absolute Gasteiger partial charge is 0.143 e. The van der Waals surface area contributed by atoms with E-state index in [9.17, 15) is 0 Å². The van der Waals surface area contributed by atoms with Gasteiger partial charge in [-0.25, -0.2) is 0 Å². The van der Waals surface area contributed by atoms with E-state index >= 15 is 0 Å². The molecule has 0 fully saturated rings. The molecule has 0 saturated carbocycles. The summed E-state index contributed by atoms with van der Waals surface area (Å²) in [4.78, 5) is 2.42. The fourth-order valence-electron chi connectivity index (χ4n) is 11.1. The van der Waals surface area contributed by atoms with Crippen LogP contribution in [0.2, 0.25) is 0 Å². The zero-order valence-electron chi connectivity index (χ0n) is 37.8. The number of furan rings is 1. The van der Waals surface area contributed by atoms with Crippen molar-refractivity contribution in [2.24, 2.45) is 0 Å². The third kappa shape index (κ3) is 6.64. The molecule has 12 aromatic rings. The van der Waals surface area contributed by atoms with Crippen molar-refractivity contribution in [3.8, 4) is 55.6 Å². The normalized spacial score (nSPS) is 12.5. The van der Waals surface area contributed by atoms with E-state index in [0.717, 1.165) is 61.3 Å². The maximum Gasteiger partial charge on any atom is 0.143 e. The number of nitrogens with zero attached hydrogens (tertiary/aromatic N) is 1. The summed E-state index contributed by atoms with van der Waals surface area (Å²) in [6, 6.07) is 99.2. The van der Waals surface area contributed by atoms with Crippen molar-refractivity contribution in [2.75, 3.05) is 4.90 Å². The van der Waals surface area contributed by atoms with Gasteiger partial charge in [0.25, 0.3) is 0 Å². The van der Waals surface area contributed by atoms with Crippen molar-refractivity contribution in [3.63, 3.8) is 0 Å². The highest BCUT2D eigenvalue weighted by atomic mass is 16.3. The summed E-state index contributed by atoms with van der Waals surface area (Å²) in [7, 11) is 0. The third-order valence-corrected chi connectivity index (χ3v) is 14.2. The van der Waals surface area contributed by atoms with E-state index in [-0.39, 0.29) is 0 Å². The number of para-hydroxylation sites is 3. The van der Waals surface area contributed by atoms with Gasteiger partial charge in [0, 0.05) is 33.3 Å². The SMILES string of the molecule is c1ccc(-c2cccc(-c3ccc(N(c4ccc(-c5cccc6c5oc5ccccc56)cc4)c4ccccc4-c4cccc5c4-c4ccccc4C5(c4ccccc4)c4ccccc4)cc3)c2)cc1. The number of benzene rings is 11. The molecule has 324 valence electrons. The second kappa shape index (κ2) is 16.7. The molecule has 1 heterocycles. The fourth-order valence-corrected chi connectivity index (χ4v) is 11.1. The lowest BCUT2D eigenvalue weighted by molar-refractivity contribution is 0.670. The summed E-state index contributed by atoms with van der Waals surface area (Å²) in [5.41, 5.74) is 21.4. The molecule has 0 unspecified atom stereocenters. The number of hydrogen-bond acceptors (Lipinski definition) is 2. The average molecular weight is 880 g/mol. The van der Waals surface area contributed by atoms with Crippen molar-refractivity contribution >= 4 is 39.0 Å². The minimum absolute atomic E-state index is 0.509. The van der Waals surface area contributed by atoms with Crippen LogP contribution in [0.5, 0.6) is 0 Å². The van der Waals surface area contributed by atoms with Gasteiger partial charge in [0.05, 0.1) is 11.1 Å². The largest absolute Gasteiger partial charge is 0.455 e. The van der Waals surface area contributed by atoms with Crippen LogP contribution >= 0.6 is 0 Å². The monoisotopic (exact) mass is 879 g/mol. The van der Waals surface area contributed by atoms with Crippen molar-refractivity contribution < 1.29 is 4.42 Å². The molecule has 69 heavy (non-hydrogen) atoms. The van der Waals surface area contributed by atoms with E-state index in [1.807, 2.05) is 12.1 Å². The maximum absolute atomic E-state index is 6.52. The molecule has 2 heteroatoms. The summed E-state index contributed by atoms with van der Waals surface area (Å²) in [5.74, 6) is 0. The lowest BCUT2D eigenvalue weighted by Gasteiger charge is -2.34. The van der Waals surface area contributed by atoms with Gasteiger partial charge < -0.3 is 9.32 Å². The first-order valence-corrected chi connectivity index (χ1v) is 23.7. The Morgan fingerprint density at radius 2 is 0.783 bits per heavy atom. The van der Waals surface area contributed by atoms with E-state index in [4.69, 9.17) is 4.42 Å². The van der Waals surface area contributed by atoms with Crippen LogP contribution in [-0.2, 0) is 5.41 Å². The van der Waals surface area contributed by atoms with E-state index in [0.29, 0.717) is 0 Å². The van der Waals surface area contributed by atoms with Crippen LogP contribution < -0.4 is 4.90 Å². The molecule has 2 nitrogen and oxygen atoms in total. The first kappa shape index (κ1) is 40.3. The Kier molecular flexibility index (Phi) is 9.77. The Hall–Kier alpha value is -8.98. The molecule has 0 amide bonds. The van der Waals surface area contributed by atoms with Gasteiger partial charge in [0.15, 0.2) is 0 Å². The van der Waals surface area contributed by atoms with Crippen molar-refractivity contribution in [1.29, 1.82) is 0 Å². The molecule has 0 aliphatic heterocycles. The first-order chi connectivity index (χ1) is 34.2. The third-order valence-electron chi connectivity index (χ3n) is 14.2. The van der Waals surface area contributed by atoms with Gasteiger partial charge in [-0.3, -0.25) is 0 Å². The maximum atomic E-state index is 6.52. The molecule has 0 N–H and O–H groups in total. The minimum atomic E-state index is -0.509. The van der Waals surface area contributed by atoms with Gasteiger partial charge in [0.1, 0.15) is 11.2 Å². The van der Waals surface area contributed by atoms with Crippen molar-refractivity contribution in [1.82, 2.24) is 0 Å². The Morgan fingerprint density at radius 1 is 0.304 bits per heavy atom. The Morgan fingerprint density at radius 3 is 1.49 bits per heavy atom. The van der Waals surface area contributed by atoms with E-state index in [1.165, 1.54) is 55.6 Å². The number of anilines is 3. The van der Waals surface area contributed by atoms with Gasteiger partial charge in [0.2, 0.25) is 0 Å². The number of hydrogen-bond donors (Lipinski definition) is 0. The molecule has 0 atom stereocenters. The Labute approximate surface area is 402 Å². The van der Waals surface area contributed by atoms with Crippen molar-refractivity contribution in [2.45, 2.75) is 5.41 Å². The van der Waals surface area contributed by atoms with Crippen LogP contribution in [0.3, 0.4) is 0 Å². The van der Waals surface area contributed by atoms with E-state index in [1.54, 1.807) is 0 Å². The van der Waals surface area contributed by atoms with Crippen LogP contribution in [0.25, 0.3) is 77.6 Å². The summed E-state index contributed by atoms with van der Waals surface area (Å²) in [6.45, 7) is 0. The lowest BCUT2D eigenvalue weighted by atomic mass is 9.67. The predicted molar refractivity (Wildman–Crippen MR) is 287 cm³/mol. The van der Waals surface area contributed by atoms with Crippen LogP contribution in [-0.4, -0.2) is 0 Å². The lowest BCUT2D eigenvalue weighted by Crippen LogP contribution is -2.28. The molecule has 1 aliphatic carbocycles. The molecule has 0 radical (unpaired) electrons. The molecule has 0 bridgehead atoms. The minimum Gasteiger partial charge on any atom is -0.455 e. The van der Waals surface area contributed by atoms with E-state index < -0.39 is 5.41 Å². The van der Waals surface area contributed by atoms with Crippen LogP contribution in [0.15, 0.2) is 277 Å². The summed E-state index contributed by atoms with van der Waals surface area (Å²) in [5, 5.41) is 2.25. The zero-order chi connectivity index (χ0) is 45.7. The second-order valence-electron chi connectivity index (χ2n) is 17.9. The van der Waals surface area contributed by atoms with Crippen LogP contribution in [0.1, 0.15) is 22.3 Å². The molecule has 0 saturated heterocycles. The topological polar surface area (TPSA) is 16.4 Å². The van der Waals surface area contributed by atoms with Crippen molar-refractivity contribution in [3.05, 3.63) is 295 Å². The van der Waals surface area contributed by atoms with E-state index in [2.05, 4.69) is 266 Å². The van der Waals surface area contributed by atoms with Gasteiger partial charge in [-0.2, -0.15) is 0 Å². The standard InChI is InChI=1S/C67H45NO/c1-4-19-46(20-5-1)49-21-16-22-50(45-49)47-37-41-53(42-38-47)68(54-43-39-48(40-44-54)55-30-17-32-59-57-28-12-15-36-64(57)69-66(55)59)63-35-14-11-27-56(63)58-31-18-34-62-65(58)60-29-10-13-33-61(60)67(62,51-23-6-2-7-24-51)52-25-8-3-9-26-52/h1-45H. The molecule has 11 aromatic carbocycles. The second-order valence-corrected chi connectivity index (χ2v) is 17.9. The quantitative estimate of drug-likeness (QED) is 0.144. The number of fused-ring (bicyclic) bond motifs is 6. The van der Waals surface area contributed by atoms with Gasteiger partial charge in [-0.1, -0.05) is 231 Å². The summed E-state index contributed by atoms with van der Waals surface area (Å²) in [6.07, 6.45) is 0. The van der Waals surface area contributed by atoms with Gasteiger partial charge >= 0.3 is 0 Å². The molecule has 1 aromatic heterocycles. The van der Waals surface area contributed by atoms with Crippen LogP contribution in [0, 0.1) is 0 Å². The Balaban J connectivity index is 0.989. The molecule has 1 aliphatic rings. The highest BCUT2D eigenvalue weighted by molar-refractivity contribution is 6.09. The van der Waals surface area contributed by atoms with Gasteiger partial charge in [-0.05, 0) is 109 Å². The highest BCUT2D eigenvalue weighted by Gasteiger charge is 2.47. The molecular formula is C67H45NO. The predicted octanol–water partition coefficient (Wildman–Crippen LogP) is 18.1. The fraction of sp³-hybridized carbons (Fsp3) is 0.0149. The number of rotatable bonds is 9.